The summed E-state index contributed by atoms with van der Waals surface area (Å²) in [6.07, 6.45) is 4.56. The number of nitrogens with zero attached hydrogens (tertiary/aromatic N) is 4. The number of ether oxygens (including phenoxy) is 1. The summed E-state index contributed by atoms with van der Waals surface area (Å²) < 4.78 is 33.8. The lowest BCUT2D eigenvalue weighted by molar-refractivity contribution is -0.0221. The van der Waals surface area contributed by atoms with E-state index in [0.717, 1.165) is 52.7 Å². The van der Waals surface area contributed by atoms with Crippen molar-refractivity contribution in [3.63, 3.8) is 0 Å². The molecule has 6 nitrogen and oxygen atoms in total. The van der Waals surface area contributed by atoms with Crippen LogP contribution in [-0.2, 0) is 4.74 Å². The lowest BCUT2D eigenvalue weighted by atomic mass is 10.00. The third-order valence-electron chi connectivity index (χ3n) is 8.19. The summed E-state index contributed by atoms with van der Waals surface area (Å²) in [5.74, 6) is 1.39. The molecule has 0 radical (unpaired) electrons. The van der Waals surface area contributed by atoms with Gasteiger partial charge in [-0.3, -0.25) is 0 Å². The number of alkyl halides is 2. The molecule has 33 heavy (non-hydrogen) atoms. The number of nitrogens with one attached hydrogen (secondary N) is 1. The maximum absolute atomic E-state index is 13.6. The normalized spacial score (nSPS) is 30.7. The van der Waals surface area contributed by atoms with Crippen molar-refractivity contribution < 1.29 is 13.5 Å². The molecule has 0 unspecified atom stereocenters. The Morgan fingerprint density at radius 1 is 1.09 bits per heavy atom. The molecule has 3 aliphatic heterocycles. The van der Waals surface area contributed by atoms with Gasteiger partial charge in [-0.15, -0.1) is 21.5 Å². The number of hydrogen-bond donors (Lipinski definition) is 1. The molecule has 180 valence electrons. The average molecular weight is 478 g/mol. The van der Waals surface area contributed by atoms with Crippen LogP contribution in [0.4, 0.5) is 20.4 Å². The van der Waals surface area contributed by atoms with Crippen molar-refractivity contribution in [3.05, 3.63) is 11.4 Å². The van der Waals surface area contributed by atoms with E-state index in [1.54, 1.807) is 11.3 Å². The Morgan fingerprint density at radius 2 is 1.82 bits per heavy atom. The van der Waals surface area contributed by atoms with Crippen LogP contribution < -0.4 is 10.2 Å². The molecule has 1 aliphatic carbocycles. The minimum absolute atomic E-state index is 0.113. The highest BCUT2D eigenvalue weighted by molar-refractivity contribution is 7.17. The highest BCUT2D eigenvalue weighted by atomic mass is 32.1. The fourth-order valence-electron chi connectivity index (χ4n) is 6.38. The number of halogens is 2. The van der Waals surface area contributed by atoms with Gasteiger partial charge >= 0.3 is 0 Å². The molecule has 0 bridgehead atoms. The van der Waals surface area contributed by atoms with Crippen LogP contribution in [-0.4, -0.2) is 73.0 Å². The van der Waals surface area contributed by atoms with Crippen LogP contribution in [0.5, 0.6) is 0 Å². The number of thiophene rings is 1. The van der Waals surface area contributed by atoms with E-state index in [4.69, 9.17) is 4.74 Å². The molecule has 2 aromatic heterocycles. The zero-order valence-electron chi connectivity index (χ0n) is 19.0. The molecule has 6 rings (SSSR count). The number of hydrogen-bond acceptors (Lipinski definition) is 7. The van der Waals surface area contributed by atoms with Crippen LogP contribution in [0.2, 0.25) is 0 Å². The first-order chi connectivity index (χ1) is 16.0. The minimum atomic E-state index is -2.55. The van der Waals surface area contributed by atoms with Gasteiger partial charge in [0.2, 0.25) is 0 Å². The van der Waals surface area contributed by atoms with E-state index in [1.165, 1.54) is 45.3 Å². The van der Waals surface area contributed by atoms with Gasteiger partial charge in [-0.2, -0.15) is 0 Å². The minimum Gasteiger partial charge on any atom is -0.381 e. The van der Waals surface area contributed by atoms with E-state index in [-0.39, 0.29) is 12.8 Å². The molecule has 1 saturated carbocycles. The molecule has 0 amide bonds. The maximum Gasteiger partial charge on any atom is 0.251 e. The van der Waals surface area contributed by atoms with Crippen molar-refractivity contribution in [1.82, 2.24) is 15.1 Å². The number of fused-ring (bicyclic) bond motifs is 2. The number of piperidine rings is 1. The second-order valence-corrected chi connectivity index (χ2v) is 11.4. The second kappa shape index (κ2) is 8.89. The first kappa shape index (κ1) is 21.9. The molecule has 4 aliphatic rings. The van der Waals surface area contributed by atoms with Gasteiger partial charge in [-0.1, -0.05) is 0 Å². The summed E-state index contributed by atoms with van der Waals surface area (Å²) in [5, 5.41) is 15.9. The number of rotatable bonds is 5. The predicted octanol–water partition coefficient (Wildman–Crippen LogP) is 4.48. The molecular weight excluding hydrogens is 444 g/mol. The van der Waals surface area contributed by atoms with Gasteiger partial charge in [0.05, 0.1) is 4.70 Å². The molecular formula is C24H33F2N5OS. The number of likely N-dealkylation sites (tertiary alicyclic amines) is 1. The Morgan fingerprint density at radius 3 is 2.55 bits per heavy atom. The van der Waals surface area contributed by atoms with Crippen molar-refractivity contribution in [2.24, 2.45) is 17.8 Å². The molecule has 9 heteroatoms. The van der Waals surface area contributed by atoms with Gasteiger partial charge in [-0.05, 0) is 54.9 Å². The predicted molar refractivity (Wildman–Crippen MR) is 127 cm³/mol. The lowest BCUT2D eigenvalue weighted by Gasteiger charge is -2.32. The van der Waals surface area contributed by atoms with Crippen molar-refractivity contribution in [2.45, 2.75) is 50.5 Å². The van der Waals surface area contributed by atoms with E-state index in [0.29, 0.717) is 19.1 Å². The zero-order valence-corrected chi connectivity index (χ0v) is 19.8. The molecule has 4 fully saturated rings. The largest absolute Gasteiger partial charge is 0.381 e. The van der Waals surface area contributed by atoms with Crippen molar-refractivity contribution in [2.75, 3.05) is 56.2 Å². The number of anilines is 2. The summed E-state index contributed by atoms with van der Waals surface area (Å²) in [4.78, 5) is 4.66. The monoisotopic (exact) mass is 477 g/mol. The standard InChI is InChI=1S/C24H33F2N5OS/c25-24(26)4-6-31(7-5-24)23-21-20(3-10-33-21)22(28-29-23)27-19-11-17-14-30(15-18(17)12-19)13-16-1-8-32-9-2-16/h3,10,16-19H,1-2,4-9,11-15H2,(H,27,28)/t17-,18+,19+. The van der Waals surface area contributed by atoms with E-state index < -0.39 is 5.92 Å². The SMILES string of the molecule is FC1(F)CCN(c2nnc(N[C@H]3C[C@@H]4CN(CC5CCOCC5)C[C@@H]4C3)c3ccsc23)CC1. The fraction of sp³-hybridized carbons (Fsp3) is 0.750. The molecule has 0 aromatic carbocycles. The lowest BCUT2D eigenvalue weighted by Crippen LogP contribution is -2.39. The van der Waals surface area contributed by atoms with E-state index in [1.807, 2.05) is 4.90 Å². The third-order valence-corrected chi connectivity index (χ3v) is 9.10. The highest BCUT2D eigenvalue weighted by Crippen LogP contribution is 2.41. The van der Waals surface area contributed by atoms with Crippen LogP contribution in [0.3, 0.4) is 0 Å². The summed E-state index contributed by atoms with van der Waals surface area (Å²) in [6.45, 7) is 6.20. The van der Waals surface area contributed by atoms with Crippen LogP contribution in [0, 0.1) is 17.8 Å². The molecule has 3 atom stereocenters. The summed E-state index contributed by atoms with van der Waals surface area (Å²) in [7, 11) is 0. The third kappa shape index (κ3) is 4.56. The molecule has 3 saturated heterocycles. The Bertz CT molecular complexity index is 957. The quantitative estimate of drug-likeness (QED) is 0.686. The van der Waals surface area contributed by atoms with Gasteiger partial charge in [-0.25, -0.2) is 8.78 Å². The van der Waals surface area contributed by atoms with Gasteiger partial charge in [0.1, 0.15) is 0 Å². The van der Waals surface area contributed by atoms with Crippen LogP contribution >= 0.6 is 11.3 Å². The smallest absolute Gasteiger partial charge is 0.251 e. The Kier molecular flexibility index (Phi) is 5.91. The van der Waals surface area contributed by atoms with Gasteiger partial charge in [0, 0.05) is 70.2 Å². The molecule has 0 spiro atoms. The van der Waals surface area contributed by atoms with Gasteiger partial charge < -0.3 is 19.9 Å². The van der Waals surface area contributed by atoms with Gasteiger partial charge in [0.15, 0.2) is 11.6 Å². The zero-order chi connectivity index (χ0) is 22.4. The van der Waals surface area contributed by atoms with Crippen molar-refractivity contribution in [1.29, 1.82) is 0 Å². The molecule has 1 N–H and O–H groups in total. The second-order valence-electron chi connectivity index (χ2n) is 10.5. The Balaban J connectivity index is 1.08. The molecule has 2 aromatic rings. The van der Waals surface area contributed by atoms with Crippen LogP contribution in [0.15, 0.2) is 11.4 Å². The Hall–Kier alpha value is -1.58. The molecule has 5 heterocycles. The van der Waals surface area contributed by atoms with Gasteiger partial charge in [0.25, 0.3) is 5.92 Å². The highest BCUT2D eigenvalue weighted by Gasteiger charge is 2.41. The van der Waals surface area contributed by atoms with E-state index >= 15 is 0 Å². The average Bonchev–Trinajstić information content (AvgIpc) is 3.50. The van der Waals surface area contributed by atoms with Crippen molar-refractivity contribution >= 4 is 33.1 Å². The summed E-state index contributed by atoms with van der Waals surface area (Å²) in [6, 6.07) is 2.52. The first-order valence-corrected chi connectivity index (χ1v) is 13.4. The fourth-order valence-corrected chi connectivity index (χ4v) is 7.28. The van der Waals surface area contributed by atoms with Crippen LogP contribution in [0.25, 0.3) is 10.1 Å². The first-order valence-electron chi connectivity index (χ1n) is 12.5. The van der Waals surface area contributed by atoms with Crippen LogP contribution in [0.1, 0.15) is 38.5 Å². The Labute approximate surface area is 197 Å². The van der Waals surface area contributed by atoms with E-state index in [2.05, 4.69) is 31.9 Å². The maximum atomic E-state index is 13.6. The number of aromatic nitrogens is 2. The van der Waals surface area contributed by atoms with E-state index in [9.17, 15) is 8.78 Å². The topological polar surface area (TPSA) is 53.5 Å². The summed E-state index contributed by atoms with van der Waals surface area (Å²) in [5.41, 5.74) is 0. The summed E-state index contributed by atoms with van der Waals surface area (Å²) >= 11 is 1.63. The van der Waals surface area contributed by atoms with Crippen molar-refractivity contribution in [3.8, 4) is 0 Å².